The average Bonchev–Trinajstić information content (AvgIpc) is 2.78. The third-order valence-electron chi connectivity index (χ3n) is 7.19. The molecule has 0 unspecified atom stereocenters. The summed E-state index contributed by atoms with van der Waals surface area (Å²) in [6, 6.07) is 8.78. The van der Waals surface area contributed by atoms with Crippen molar-refractivity contribution >= 4 is 17.0 Å². The van der Waals surface area contributed by atoms with Gasteiger partial charge in [-0.25, -0.2) is 4.98 Å². The second kappa shape index (κ2) is 11.1. The number of hydrogen-bond donors (Lipinski definition) is 0. The SMILES string of the molecule is CCOC(=O)CCc1nc2ccccc2n(C2CCN(C3CCCCCCC3)CC2)c1=O. The van der Waals surface area contributed by atoms with Crippen LogP contribution in [-0.2, 0) is 16.0 Å². The highest BCUT2D eigenvalue weighted by molar-refractivity contribution is 5.75. The molecule has 32 heavy (non-hydrogen) atoms. The summed E-state index contributed by atoms with van der Waals surface area (Å²) in [6.07, 6.45) is 12.0. The minimum absolute atomic E-state index is 0.0441. The van der Waals surface area contributed by atoms with E-state index >= 15 is 0 Å². The van der Waals surface area contributed by atoms with Gasteiger partial charge in [-0.1, -0.05) is 44.2 Å². The number of fused-ring (bicyclic) bond motifs is 1. The molecule has 0 N–H and O–H groups in total. The molecule has 174 valence electrons. The van der Waals surface area contributed by atoms with Crippen LogP contribution in [0.2, 0.25) is 0 Å². The first-order chi connectivity index (χ1) is 15.7. The molecule has 2 aliphatic rings. The summed E-state index contributed by atoms with van der Waals surface area (Å²) in [4.78, 5) is 32.6. The number of rotatable bonds is 6. The lowest BCUT2D eigenvalue weighted by Gasteiger charge is -2.39. The minimum Gasteiger partial charge on any atom is -0.466 e. The van der Waals surface area contributed by atoms with Crippen LogP contribution in [0.15, 0.2) is 29.1 Å². The predicted molar refractivity (Wildman–Crippen MR) is 127 cm³/mol. The number of nitrogens with zero attached hydrogens (tertiary/aromatic N) is 3. The van der Waals surface area contributed by atoms with E-state index < -0.39 is 0 Å². The molecule has 6 heteroatoms. The molecule has 2 fully saturated rings. The molecule has 4 rings (SSSR count). The van der Waals surface area contributed by atoms with Gasteiger partial charge < -0.3 is 14.2 Å². The number of benzene rings is 1. The second-order valence-electron chi connectivity index (χ2n) is 9.29. The van der Waals surface area contributed by atoms with E-state index in [4.69, 9.17) is 4.74 Å². The van der Waals surface area contributed by atoms with Gasteiger partial charge in [0, 0.05) is 31.6 Å². The monoisotopic (exact) mass is 439 g/mol. The Hall–Kier alpha value is -2.21. The smallest absolute Gasteiger partial charge is 0.306 e. The lowest BCUT2D eigenvalue weighted by atomic mass is 9.93. The quantitative estimate of drug-likeness (QED) is 0.614. The molecule has 0 radical (unpaired) electrons. The van der Waals surface area contributed by atoms with Gasteiger partial charge in [-0.3, -0.25) is 9.59 Å². The van der Waals surface area contributed by atoms with Crippen LogP contribution in [0.25, 0.3) is 11.0 Å². The lowest BCUT2D eigenvalue weighted by Crippen LogP contribution is -2.43. The number of aryl methyl sites for hydroxylation is 1. The standard InChI is InChI=1S/C26H37N3O3/c1-2-32-25(30)15-14-23-26(31)29(24-13-9-8-12-22(24)27-23)21-16-18-28(19-17-21)20-10-6-4-3-5-7-11-20/h8-9,12-13,20-21H,2-7,10-11,14-19H2,1H3. The molecular weight excluding hydrogens is 402 g/mol. The van der Waals surface area contributed by atoms with Gasteiger partial charge in [0.25, 0.3) is 5.56 Å². The third kappa shape index (κ3) is 5.40. The van der Waals surface area contributed by atoms with Gasteiger partial charge >= 0.3 is 5.97 Å². The number of esters is 1. The highest BCUT2D eigenvalue weighted by Crippen LogP contribution is 2.29. The van der Waals surface area contributed by atoms with Crippen LogP contribution in [0.5, 0.6) is 0 Å². The van der Waals surface area contributed by atoms with Crippen molar-refractivity contribution in [2.45, 2.75) is 89.6 Å². The molecule has 6 nitrogen and oxygen atoms in total. The minimum atomic E-state index is -0.277. The Morgan fingerprint density at radius 1 is 1.00 bits per heavy atom. The van der Waals surface area contributed by atoms with Crippen molar-refractivity contribution in [3.05, 3.63) is 40.3 Å². The van der Waals surface area contributed by atoms with Gasteiger partial charge in [0.15, 0.2) is 0 Å². The third-order valence-corrected chi connectivity index (χ3v) is 7.19. The molecule has 0 bridgehead atoms. The molecule has 1 aliphatic heterocycles. The molecule has 0 atom stereocenters. The van der Waals surface area contributed by atoms with Gasteiger partial charge in [0.1, 0.15) is 5.69 Å². The van der Waals surface area contributed by atoms with E-state index in [1.54, 1.807) is 6.92 Å². The normalized spacial score (nSPS) is 19.5. The van der Waals surface area contributed by atoms with E-state index in [2.05, 4.69) is 9.88 Å². The number of carbonyl (C=O) groups excluding carboxylic acids is 1. The highest BCUT2D eigenvalue weighted by Gasteiger charge is 2.28. The zero-order valence-electron chi connectivity index (χ0n) is 19.4. The number of likely N-dealkylation sites (tertiary alicyclic amines) is 1. The summed E-state index contributed by atoms with van der Waals surface area (Å²) >= 11 is 0. The molecule has 1 saturated carbocycles. The van der Waals surface area contributed by atoms with Crippen LogP contribution in [-0.4, -0.2) is 46.2 Å². The van der Waals surface area contributed by atoms with Crippen LogP contribution in [0.1, 0.15) is 82.9 Å². The van der Waals surface area contributed by atoms with Crippen LogP contribution >= 0.6 is 0 Å². The summed E-state index contributed by atoms with van der Waals surface area (Å²) in [6.45, 7) is 4.25. The van der Waals surface area contributed by atoms with Gasteiger partial charge in [-0.2, -0.15) is 0 Å². The van der Waals surface area contributed by atoms with Crippen molar-refractivity contribution < 1.29 is 9.53 Å². The molecule has 0 amide bonds. The van der Waals surface area contributed by atoms with E-state index in [9.17, 15) is 9.59 Å². The molecule has 1 saturated heterocycles. The Morgan fingerprint density at radius 2 is 1.69 bits per heavy atom. The van der Waals surface area contributed by atoms with Crippen LogP contribution in [0, 0.1) is 0 Å². The summed E-state index contributed by atoms with van der Waals surface area (Å²) in [5.74, 6) is -0.277. The molecule has 1 aromatic carbocycles. The number of ether oxygens (including phenoxy) is 1. The fourth-order valence-corrected chi connectivity index (χ4v) is 5.49. The van der Waals surface area contributed by atoms with Crippen molar-refractivity contribution in [3.8, 4) is 0 Å². The Labute approximate surface area is 191 Å². The van der Waals surface area contributed by atoms with Crippen LogP contribution < -0.4 is 5.56 Å². The van der Waals surface area contributed by atoms with E-state index in [0.717, 1.165) is 37.0 Å². The number of carbonyl (C=O) groups is 1. The Kier molecular flexibility index (Phi) is 7.95. The first-order valence-electron chi connectivity index (χ1n) is 12.6. The zero-order chi connectivity index (χ0) is 22.3. The van der Waals surface area contributed by atoms with Crippen LogP contribution in [0.3, 0.4) is 0 Å². The van der Waals surface area contributed by atoms with E-state index in [-0.39, 0.29) is 24.0 Å². The topological polar surface area (TPSA) is 64.4 Å². The first kappa shape index (κ1) is 23.0. The largest absolute Gasteiger partial charge is 0.466 e. The van der Waals surface area contributed by atoms with Gasteiger partial charge in [-0.05, 0) is 44.7 Å². The van der Waals surface area contributed by atoms with Gasteiger partial charge in [0.2, 0.25) is 0 Å². The molecule has 1 aromatic heterocycles. The summed E-state index contributed by atoms with van der Waals surface area (Å²) < 4.78 is 7.01. The summed E-state index contributed by atoms with van der Waals surface area (Å²) in [7, 11) is 0. The number of para-hydroxylation sites is 2. The van der Waals surface area contributed by atoms with E-state index in [0.29, 0.717) is 24.8 Å². The van der Waals surface area contributed by atoms with Crippen LogP contribution in [0.4, 0.5) is 0 Å². The molecule has 2 aromatic rings. The highest BCUT2D eigenvalue weighted by atomic mass is 16.5. The predicted octanol–water partition coefficient (Wildman–Crippen LogP) is 4.64. The maximum atomic E-state index is 13.5. The zero-order valence-corrected chi connectivity index (χ0v) is 19.4. The molecule has 2 heterocycles. The maximum absolute atomic E-state index is 13.5. The first-order valence-corrected chi connectivity index (χ1v) is 12.6. The average molecular weight is 440 g/mol. The van der Waals surface area contributed by atoms with E-state index in [1.165, 1.54) is 44.9 Å². The molecule has 1 aliphatic carbocycles. The van der Waals surface area contributed by atoms with Crippen molar-refractivity contribution in [2.75, 3.05) is 19.7 Å². The fourth-order valence-electron chi connectivity index (χ4n) is 5.49. The Morgan fingerprint density at radius 3 is 2.41 bits per heavy atom. The van der Waals surface area contributed by atoms with Gasteiger partial charge in [-0.15, -0.1) is 0 Å². The Balaban J connectivity index is 1.52. The maximum Gasteiger partial charge on any atom is 0.306 e. The number of aromatic nitrogens is 2. The molecule has 0 spiro atoms. The van der Waals surface area contributed by atoms with E-state index in [1.807, 2.05) is 28.8 Å². The number of hydrogen-bond acceptors (Lipinski definition) is 5. The van der Waals surface area contributed by atoms with Crippen molar-refractivity contribution in [2.24, 2.45) is 0 Å². The Bertz CT molecular complexity index is 954. The lowest BCUT2D eigenvalue weighted by molar-refractivity contribution is -0.143. The number of piperidine rings is 1. The van der Waals surface area contributed by atoms with Crippen molar-refractivity contribution in [1.29, 1.82) is 0 Å². The fraction of sp³-hybridized carbons (Fsp3) is 0.654. The summed E-state index contributed by atoms with van der Waals surface area (Å²) in [5, 5.41) is 0. The summed E-state index contributed by atoms with van der Waals surface area (Å²) in [5.41, 5.74) is 2.16. The van der Waals surface area contributed by atoms with Gasteiger partial charge in [0.05, 0.1) is 24.1 Å². The van der Waals surface area contributed by atoms with Crippen molar-refractivity contribution in [3.63, 3.8) is 0 Å². The molecular formula is C26H37N3O3. The van der Waals surface area contributed by atoms with Crippen molar-refractivity contribution in [1.82, 2.24) is 14.5 Å². The second-order valence-corrected chi connectivity index (χ2v) is 9.29.